The highest BCUT2D eigenvalue weighted by molar-refractivity contribution is 7.79. The first-order valence-corrected chi connectivity index (χ1v) is 4.74. The molecule has 66 valence electrons. The van der Waals surface area contributed by atoms with E-state index in [-0.39, 0.29) is 18.0 Å². The van der Waals surface area contributed by atoms with Crippen molar-refractivity contribution in [2.24, 2.45) is 0 Å². The lowest BCUT2D eigenvalue weighted by Gasteiger charge is -2.04. The Morgan fingerprint density at radius 2 is 2.08 bits per heavy atom. The third kappa shape index (κ3) is 2.71. The molecule has 0 saturated carbocycles. The normalized spacial score (nSPS) is 12.8. The molecular weight excluding hydrogens is 179 g/mol. The summed E-state index contributed by atoms with van der Waals surface area (Å²) >= 11 is -2.09. The first kappa shape index (κ1) is 9.35. The van der Waals surface area contributed by atoms with Gasteiger partial charge >= 0.3 is 0 Å². The fourth-order valence-corrected chi connectivity index (χ4v) is 1.28. The lowest BCUT2D eigenvalue weighted by atomic mass is 10.2. The molecule has 4 heteroatoms. The molecule has 0 aliphatic heterocycles. The monoisotopic (exact) mass is 187 g/mol. The lowest BCUT2D eigenvalue weighted by Crippen LogP contribution is -2.00. The van der Waals surface area contributed by atoms with Gasteiger partial charge in [0.15, 0.2) is 0 Å². The smallest absolute Gasteiger partial charge is 0.126 e. The van der Waals surface area contributed by atoms with Crippen LogP contribution in [0.15, 0.2) is 24.3 Å². The van der Waals surface area contributed by atoms with Gasteiger partial charge in [0, 0.05) is 5.75 Å². The van der Waals surface area contributed by atoms with Crippen molar-refractivity contribution in [3.63, 3.8) is 0 Å². The summed E-state index contributed by atoms with van der Waals surface area (Å²) in [7, 11) is 0. The molecule has 2 nitrogen and oxygen atoms in total. The van der Waals surface area contributed by atoms with E-state index >= 15 is 0 Å². The average Bonchev–Trinajstić information content (AvgIpc) is 2.03. The van der Waals surface area contributed by atoms with E-state index in [4.69, 9.17) is 0 Å². The first-order valence-electron chi connectivity index (χ1n) is 3.49. The van der Waals surface area contributed by atoms with Crippen LogP contribution in [-0.4, -0.2) is 14.5 Å². The molecule has 0 aliphatic carbocycles. The van der Waals surface area contributed by atoms with Gasteiger partial charge in [-0.1, -0.05) is 29.3 Å². The molecule has 0 saturated heterocycles. The van der Waals surface area contributed by atoms with Gasteiger partial charge in [-0.3, -0.25) is 4.21 Å². The van der Waals surface area contributed by atoms with Gasteiger partial charge in [0.25, 0.3) is 0 Å². The highest BCUT2D eigenvalue weighted by atomic mass is 32.2. The Hall–Kier alpha value is -0.740. The van der Waals surface area contributed by atoms with E-state index in [1.807, 2.05) is 0 Å². The Kier molecular flexibility index (Phi) is 3.37. The molecular formula is C8H8FO2S-. The second-order valence-corrected chi connectivity index (χ2v) is 3.37. The fourth-order valence-electron chi connectivity index (χ4n) is 0.894. The maximum Gasteiger partial charge on any atom is 0.126 e. The van der Waals surface area contributed by atoms with Gasteiger partial charge in [0.1, 0.15) is 5.82 Å². The Morgan fingerprint density at radius 1 is 1.42 bits per heavy atom. The number of halogens is 1. The van der Waals surface area contributed by atoms with Gasteiger partial charge in [0.2, 0.25) is 0 Å². The van der Waals surface area contributed by atoms with Crippen LogP contribution in [-0.2, 0) is 17.5 Å². The van der Waals surface area contributed by atoms with Crippen LogP contribution < -0.4 is 0 Å². The molecule has 0 aromatic heterocycles. The van der Waals surface area contributed by atoms with Crippen molar-refractivity contribution in [2.45, 2.75) is 6.42 Å². The van der Waals surface area contributed by atoms with Crippen LogP contribution in [0.4, 0.5) is 4.39 Å². The topological polar surface area (TPSA) is 40.1 Å². The number of benzene rings is 1. The lowest BCUT2D eigenvalue weighted by molar-refractivity contribution is 0.535. The third-order valence-corrected chi connectivity index (χ3v) is 2.03. The van der Waals surface area contributed by atoms with E-state index in [9.17, 15) is 13.2 Å². The van der Waals surface area contributed by atoms with Crippen molar-refractivity contribution in [3.05, 3.63) is 35.6 Å². The van der Waals surface area contributed by atoms with Crippen molar-refractivity contribution in [1.82, 2.24) is 0 Å². The van der Waals surface area contributed by atoms with Crippen LogP contribution in [0.1, 0.15) is 5.56 Å². The van der Waals surface area contributed by atoms with E-state index in [2.05, 4.69) is 0 Å². The second kappa shape index (κ2) is 4.33. The molecule has 0 aliphatic rings. The molecule has 0 heterocycles. The van der Waals surface area contributed by atoms with Crippen LogP contribution in [0.25, 0.3) is 0 Å². The van der Waals surface area contributed by atoms with Crippen LogP contribution >= 0.6 is 0 Å². The minimum absolute atomic E-state index is 0.0269. The molecule has 0 bridgehead atoms. The zero-order valence-electron chi connectivity index (χ0n) is 6.33. The number of rotatable bonds is 3. The minimum Gasteiger partial charge on any atom is -0.772 e. The molecule has 1 rings (SSSR count). The summed E-state index contributed by atoms with van der Waals surface area (Å²) in [4.78, 5) is 0. The minimum atomic E-state index is -2.09. The maximum atomic E-state index is 12.8. The maximum absolute atomic E-state index is 12.8. The quantitative estimate of drug-likeness (QED) is 0.668. The van der Waals surface area contributed by atoms with E-state index in [1.54, 1.807) is 18.2 Å². The summed E-state index contributed by atoms with van der Waals surface area (Å²) in [5.74, 6) is -0.371. The molecule has 0 N–H and O–H groups in total. The summed E-state index contributed by atoms with van der Waals surface area (Å²) in [5, 5.41) is 0. The highest BCUT2D eigenvalue weighted by Gasteiger charge is 1.98. The largest absolute Gasteiger partial charge is 0.772 e. The Labute approximate surface area is 72.7 Å². The van der Waals surface area contributed by atoms with E-state index in [1.165, 1.54) is 6.07 Å². The predicted octanol–water partition coefficient (Wildman–Crippen LogP) is 1.25. The Balaban J connectivity index is 2.63. The zero-order chi connectivity index (χ0) is 8.97. The zero-order valence-corrected chi connectivity index (χ0v) is 7.14. The molecule has 12 heavy (non-hydrogen) atoms. The highest BCUT2D eigenvalue weighted by Crippen LogP contribution is 2.06. The first-order chi connectivity index (χ1) is 5.70. The van der Waals surface area contributed by atoms with Crippen molar-refractivity contribution in [3.8, 4) is 0 Å². The predicted molar refractivity (Wildman–Crippen MR) is 43.9 cm³/mol. The van der Waals surface area contributed by atoms with Crippen molar-refractivity contribution >= 4 is 11.1 Å². The molecule has 1 aromatic rings. The van der Waals surface area contributed by atoms with Gasteiger partial charge in [0.05, 0.1) is 0 Å². The van der Waals surface area contributed by atoms with E-state index in [0.29, 0.717) is 5.56 Å². The molecule has 0 radical (unpaired) electrons. The molecule has 0 fully saturated rings. The molecule has 0 spiro atoms. The van der Waals surface area contributed by atoms with Crippen LogP contribution in [0.5, 0.6) is 0 Å². The fraction of sp³-hybridized carbons (Fsp3) is 0.250. The van der Waals surface area contributed by atoms with Gasteiger partial charge in [-0.15, -0.1) is 0 Å². The van der Waals surface area contributed by atoms with Gasteiger partial charge in [-0.05, 0) is 18.1 Å². The third-order valence-electron chi connectivity index (χ3n) is 1.50. The van der Waals surface area contributed by atoms with Crippen LogP contribution in [0.3, 0.4) is 0 Å². The summed E-state index contributed by atoms with van der Waals surface area (Å²) in [6.07, 6.45) is 0.239. The van der Waals surface area contributed by atoms with Crippen molar-refractivity contribution in [1.29, 1.82) is 0 Å². The van der Waals surface area contributed by atoms with Gasteiger partial charge in [-0.25, -0.2) is 4.39 Å². The van der Waals surface area contributed by atoms with Crippen LogP contribution in [0, 0.1) is 5.82 Å². The second-order valence-electron chi connectivity index (χ2n) is 2.35. The van der Waals surface area contributed by atoms with Crippen molar-refractivity contribution in [2.75, 3.05) is 5.75 Å². The number of hydrogen-bond donors (Lipinski definition) is 0. The molecule has 1 aromatic carbocycles. The van der Waals surface area contributed by atoms with Gasteiger partial charge < -0.3 is 4.55 Å². The van der Waals surface area contributed by atoms with Crippen LogP contribution in [0.2, 0.25) is 0 Å². The number of aryl methyl sites for hydroxylation is 1. The summed E-state index contributed by atoms with van der Waals surface area (Å²) in [6.45, 7) is 0. The molecule has 1 unspecified atom stereocenters. The molecule has 1 atom stereocenters. The van der Waals surface area contributed by atoms with Gasteiger partial charge in [-0.2, -0.15) is 0 Å². The molecule has 0 amide bonds. The standard InChI is InChI=1S/C8H9FO2S/c9-8-4-2-1-3-7(8)5-6-12(10)11/h1-4H,5-6H2,(H,10,11)/p-1. The Morgan fingerprint density at radius 3 is 2.67 bits per heavy atom. The summed E-state index contributed by atoms with van der Waals surface area (Å²) in [5.41, 5.74) is 0.446. The average molecular weight is 187 g/mol. The Bertz CT molecular complexity index is 288. The number of hydrogen-bond acceptors (Lipinski definition) is 2. The van der Waals surface area contributed by atoms with Crippen molar-refractivity contribution < 1.29 is 13.2 Å². The summed E-state index contributed by atoms with van der Waals surface area (Å²) in [6, 6.07) is 6.17. The summed E-state index contributed by atoms with van der Waals surface area (Å²) < 4.78 is 33.2. The SMILES string of the molecule is O=S([O-])CCc1ccccc1F. The van der Waals surface area contributed by atoms with E-state index in [0.717, 1.165) is 0 Å². The van der Waals surface area contributed by atoms with E-state index < -0.39 is 11.1 Å².